The average Bonchev–Trinajstić information content (AvgIpc) is 2.95. The molecule has 3 aromatic rings. The number of carbonyl (C=O) groups excluding carboxylic acids is 1. The van der Waals surface area contributed by atoms with Gasteiger partial charge in [-0.25, -0.2) is 5.43 Å². The van der Waals surface area contributed by atoms with Gasteiger partial charge in [0.1, 0.15) is 0 Å². The summed E-state index contributed by atoms with van der Waals surface area (Å²) in [5.74, 6) is -0.369. The molecule has 0 radical (unpaired) electrons. The van der Waals surface area contributed by atoms with E-state index in [9.17, 15) is 14.9 Å². The van der Waals surface area contributed by atoms with Crippen LogP contribution < -0.4 is 5.43 Å². The van der Waals surface area contributed by atoms with Gasteiger partial charge in [-0.1, -0.05) is 23.7 Å². The number of aromatic nitrogens is 1. The molecule has 0 saturated carbocycles. The Morgan fingerprint density at radius 3 is 2.64 bits per heavy atom. The SMILES string of the molecule is Cc1cc(/C=N\NC(=O)c2cccc(Cl)c2)c(C)n1-c1cccc([N+](=O)[O-])c1. The molecule has 1 heterocycles. The summed E-state index contributed by atoms with van der Waals surface area (Å²) in [6.07, 6.45) is 1.54. The lowest BCUT2D eigenvalue weighted by molar-refractivity contribution is -0.384. The molecular weight excluding hydrogens is 380 g/mol. The number of hydrazone groups is 1. The maximum atomic E-state index is 12.1. The predicted octanol–water partition coefficient (Wildman–Crippen LogP) is 4.42. The van der Waals surface area contributed by atoms with Crippen LogP contribution >= 0.6 is 11.6 Å². The van der Waals surface area contributed by atoms with E-state index >= 15 is 0 Å². The molecule has 8 heteroatoms. The lowest BCUT2D eigenvalue weighted by Gasteiger charge is -2.09. The Labute approximate surface area is 166 Å². The lowest BCUT2D eigenvalue weighted by Crippen LogP contribution is -2.17. The van der Waals surface area contributed by atoms with Crippen molar-refractivity contribution in [2.45, 2.75) is 13.8 Å². The number of aryl methyl sites for hydroxylation is 1. The second-order valence-corrected chi connectivity index (χ2v) is 6.58. The first-order valence-corrected chi connectivity index (χ1v) is 8.77. The van der Waals surface area contributed by atoms with Crippen molar-refractivity contribution in [2.24, 2.45) is 5.10 Å². The highest BCUT2D eigenvalue weighted by Crippen LogP contribution is 2.23. The maximum Gasteiger partial charge on any atom is 0.271 e. The molecule has 1 aromatic heterocycles. The van der Waals surface area contributed by atoms with E-state index in [0.29, 0.717) is 16.3 Å². The molecule has 0 unspecified atom stereocenters. The van der Waals surface area contributed by atoms with Crippen LogP contribution in [0, 0.1) is 24.0 Å². The van der Waals surface area contributed by atoms with Gasteiger partial charge in [-0.2, -0.15) is 5.10 Å². The highest BCUT2D eigenvalue weighted by Gasteiger charge is 2.13. The van der Waals surface area contributed by atoms with Crippen molar-refractivity contribution >= 4 is 29.4 Å². The number of halogens is 1. The van der Waals surface area contributed by atoms with E-state index in [1.54, 1.807) is 42.6 Å². The smallest absolute Gasteiger partial charge is 0.271 e. The maximum absolute atomic E-state index is 12.1. The fourth-order valence-corrected chi connectivity index (χ4v) is 3.11. The first kappa shape index (κ1) is 19.3. The zero-order valence-corrected chi connectivity index (χ0v) is 16.0. The Balaban J connectivity index is 1.82. The summed E-state index contributed by atoms with van der Waals surface area (Å²) >= 11 is 5.89. The van der Waals surface area contributed by atoms with Crippen LogP contribution in [-0.4, -0.2) is 21.6 Å². The van der Waals surface area contributed by atoms with E-state index < -0.39 is 4.92 Å². The number of non-ortho nitro benzene ring substituents is 1. The standard InChI is InChI=1S/C20H17ClN4O3/c1-13-9-16(12-22-23-20(26)15-5-3-6-17(21)10-15)14(2)24(13)18-7-4-8-19(11-18)25(27)28/h3-12H,1-2H3,(H,23,26)/b22-12-. The van der Waals surface area contributed by atoms with Crippen LogP contribution in [0.3, 0.4) is 0 Å². The van der Waals surface area contributed by atoms with Gasteiger partial charge in [-0.15, -0.1) is 0 Å². The third kappa shape index (κ3) is 4.10. The number of nitrogens with one attached hydrogen (secondary N) is 1. The van der Waals surface area contributed by atoms with Crippen molar-refractivity contribution in [1.29, 1.82) is 0 Å². The molecule has 28 heavy (non-hydrogen) atoms. The van der Waals surface area contributed by atoms with Gasteiger partial charge in [0.25, 0.3) is 11.6 Å². The minimum Gasteiger partial charge on any atom is -0.318 e. The van der Waals surface area contributed by atoms with Gasteiger partial charge in [-0.3, -0.25) is 14.9 Å². The molecule has 0 aliphatic heterocycles. The molecule has 0 saturated heterocycles. The van der Waals surface area contributed by atoms with Gasteiger partial charge >= 0.3 is 0 Å². The Kier molecular flexibility index (Phi) is 5.56. The fraction of sp³-hybridized carbons (Fsp3) is 0.100. The number of rotatable bonds is 5. The highest BCUT2D eigenvalue weighted by atomic mass is 35.5. The van der Waals surface area contributed by atoms with Crippen LogP contribution in [0.25, 0.3) is 5.69 Å². The summed E-state index contributed by atoms with van der Waals surface area (Å²) < 4.78 is 1.90. The van der Waals surface area contributed by atoms with Crippen LogP contribution in [0.2, 0.25) is 5.02 Å². The molecule has 1 N–H and O–H groups in total. The van der Waals surface area contributed by atoms with E-state index in [1.807, 2.05) is 24.5 Å². The van der Waals surface area contributed by atoms with Crippen LogP contribution in [-0.2, 0) is 0 Å². The largest absolute Gasteiger partial charge is 0.318 e. The predicted molar refractivity (Wildman–Crippen MR) is 108 cm³/mol. The third-order valence-corrected chi connectivity index (χ3v) is 4.46. The summed E-state index contributed by atoms with van der Waals surface area (Å²) in [5, 5.41) is 15.5. The zero-order valence-electron chi connectivity index (χ0n) is 15.2. The van der Waals surface area contributed by atoms with E-state index in [0.717, 1.165) is 17.0 Å². The van der Waals surface area contributed by atoms with E-state index in [2.05, 4.69) is 10.5 Å². The Hall–Kier alpha value is -3.45. The molecule has 0 bridgehead atoms. The van der Waals surface area contributed by atoms with Crippen LogP contribution in [0.4, 0.5) is 5.69 Å². The molecule has 0 fully saturated rings. The topological polar surface area (TPSA) is 89.5 Å². The number of hydrogen-bond acceptors (Lipinski definition) is 4. The molecule has 2 aromatic carbocycles. The molecule has 0 spiro atoms. The van der Waals surface area contributed by atoms with Crippen LogP contribution in [0.1, 0.15) is 27.3 Å². The lowest BCUT2D eigenvalue weighted by atomic mass is 10.2. The summed E-state index contributed by atoms with van der Waals surface area (Å²) in [6, 6.07) is 14.9. The van der Waals surface area contributed by atoms with Gasteiger partial charge in [0, 0.05) is 39.7 Å². The monoisotopic (exact) mass is 396 g/mol. The number of benzene rings is 2. The van der Waals surface area contributed by atoms with Crippen molar-refractivity contribution in [3.63, 3.8) is 0 Å². The zero-order chi connectivity index (χ0) is 20.3. The number of nitrogens with zero attached hydrogens (tertiary/aromatic N) is 3. The number of amides is 1. The second-order valence-electron chi connectivity index (χ2n) is 6.15. The molecule has 0 aliphatic carbocycles. The first-order valence-electron chi connectivity index (χ1n) is 8.39. The quantitative estimate of drug-likeness (QED) is 0.393. The van der Waals surface area contributed by atoms with E-state index in [1.165, 1.54) is 12.1 Å². The van der Waals surface area contributed by atoms with Crippen LogP contribution in [0.5, 0.6) is 0 Å². The summed E-state index contributed by atoms with van der Waals surface area (Å²) in [6.45, 7) is 3.78. The van der Waals surface area contributed by atoms with E-state index in [-0.39, 0.29) is 11.6 Å². The fourth-order valence-electron chi connectivity index (χ4n) is 2.92. The van der Waals surface area contributed by atoms with Gasteiger partial charge in [0.05, 0.1) is 16.8 Å². The Morgan fingerprint density at radius 1 is 1.18 bits per heavy atom. The Morgan fingerprint density at radius 2 is 1.93 bits per heavy atom. The molecular formula is C20H17ClN4O3. The normalized spacial score (nSPS) is 11.0. The van der Waals surface area contributed by atoms with Crippen molar-refractivity contribution in [3.8, 4) is 5.69 Å². The first-order chi connectivity index (χ1) is 13.4. The minimum atomic E-state index is -0.425. The molecule has 7 nitrogen and oxygen atoms in total. The van der Waals surface area contributed by atoms with E-state index in [4.69, 9.17) is 11.6 Å². The molecule has 1 amide bonds. The number of nitro benzene ring substituents is 1. The van der Waals surface area contributed by atoms with Crippen molar-refractivity contribution < 1.29 is 9.72 Å². The molecule has 0 aliphatic rings. The minimum absolute atomic E-state index is 0.0222. The van der Waals surface area contributed by atoms with Crippen molar-refractivity contribution in [2.75, 3.05) is 0 Å². The van der Waals surface area contributed by atoms with Gasteiger partial charge in [0.15, 0.2) is 0 Å². The Bertz CT molecular complexity index is 1090. The molecule has 142 valence electrons. The number of nitro groups is 1. The number of carbonyl (C=O) groups is 1. The van der Waals surface area contributed by atoms with Gasteiger partial charge < -0.3 is 4.57 Å². The summed E-state index contributed by atoms with van der Waals surface area (Å²) in [5.41, 5.74) is 6.11. The summed E-state index contributed by atoms with van der Waals surface area (Å²) in [4.78, 5) is 22.7. The van der Waals surface area contributed by atoms with Crippen molar-refractivity contribution in [3.05, 3.63) is 92.2 Å². The van der Waals surface area contributed by atoms with Gasteiger partial charge in [0.2, 0.25) is 0 Å². The molecule has 3 rings (SSSR count). The average molecular weight is 397 g/mol. The van der Waals surface area contributed by atoms with Gasteiger partial charge in [-0.05, 0) is 44.2 Å². The third-order valence-electron chi connectivity index (χ3n) is 4.23. The van der Waals surface area contributed by atoms with Crippen LogP contribution in [0.15, 0.2) is 59.7 Å². The summed E-state index contributed by atoms with van der Waals surface area (Å²) in [7, 11) is 0. The van der Waals surface area contributed by atoms with Crippen molar-refractivity contribution in [1.82, 2.24) is 9.99 Å². The number of hydrogen-bond donors (Lipinski definition) is 1. The highest BCUT2D eigenvalue weighted by molar-refractivity contribution is 6.30. The second kappa shape index (κ2) is 8.06. The molecule has 0 atom stereocenters.